The van der Waals surface area contributed by atoms with Gasteiger partial charge < -0.3 is 14.8 Å². The standard InChI is InChI=1S/C16H22ClN3O/c17-11-8-15(19(9-11)13-3-4-13)16(21)20(14-5-6-14)10-12-2-1-7-18-12/h8-9,12-14,18H,1-7,10H2. The highest BCUT2D eigenvalue weighted by Gasteiger charge is 2.37. The van der Waals surface area contributed by atoms with E-state index in [0.717, 1.165) is 31.6 Å². The van der Waals surface area contributed by atoms with Crippen molar-refractivity contribution in [2.45, 2.75) is 56.7 Å². The molecule has 114 valence electrons. The quantitative estimate of drug-likeness (QED) is 0.908. The van der Waals surface area contributed by atoms with Gasteiger partial charge in [0.1, 0.15) is 5.69 Å². The molecular formula is C16H22ClN3O. The van der Waals surface area contributed by atoms with E-state index in [2.05, 4.69) is 14.8 Å². The van der Waals surface area contributed by atoms with Gasteiger partial charge in [-0.25, -0.2) is 0 Å². The zero-order valence-corrected chi connectivity index (χ0v) is 13.0. The van der Waals surface area contributed by atoms with E-state index in [-0.39, 0.29) is 5.91 Å². The van der Waals surface area contributed by atoms with E-state index in [1.54, 1.807) is 0 Å². The number of halogens is 1. The zero-order chi connectivity index (χ0) is 14.4. The van der Waals surface area contributed by atoms with Gasteiger partial charge in [-0.1, -0.05) is 11.6 Å². The SMILES string of the molecule is O=C(c1cc(Cl)cn1C1CC1)N(CC1CCCN1)C1CC1. The molecule has 1 aromatic heterocycles. The third-order valence-corrected chi connectivity index (χ3v) is 5.01. The molecule has 21 heavy (non-hydrogen) atoms. The molecule has 3 aliphatic rings. The number of hydrogen-bond donors (Lipinski definition) is 1. The second-order valence-corrected chi connectivity index (χ2v) is 7.10. The van der Waals surface area contributed by atoms with Crippen LogP contribution in [-0.2, 0) is 0 Å². The third-order valence-electron chi connectivity index (χ3n) is 4.80. The van der Waals surface area contributed by atoms with Crippen LogP contribution in [-0.4, -0.2) is 40.5 Å². The summed E-state index contributed by atoms with van der Waals surface area (Å²) in [6, 6.07) is 3.25. The summed E-state index contributed by atoms with van der Waals surface area (Å²) in [6.07, 6.45) is 8.96. The summed E-state index contributed by atoms with van der Waals surface area (Å²) in [4.78, 5) is 15.1. The molecule has 1 saturated heterocycles. The molecule has 2 saturated carbocycles. The van der Waals surface area contributed by atoms with Gasteiger partial charge in [0.25, 0.3) is 5.91 Å². The smallest absolute Gasteiger partial charge is 0.270 e. The number of carbonyl (C=O) groups excluding carboxylic acids is 1. The molecule has 0 aromatic carbocycles. The molecule has 0 radical (unpaired) electrons. The Bertz CT molecular complexity index is 542. The van der Waals surface area contributed by atoms with E-state index in [9.17, 15) is 4.79 Å². The van der Waals surface area contributed by atoms with Crippen LogP contribution in [0.15, 0.2) is 12.3 Å². The van der Waals surface area contributed by atoms with Crippen LogP contribution in [0.5, 0.6) is 0 Å². The highest BCUT2D eigenvalue weighted by molar-refractivity contribution is 6.31. The fourth-order valence-corrected chi connectivity index (χ4v) is 3.56. The molecule has 1 amide bonds. The number of amides is 1. The molecule has 4 rings (SSSR count). The Kier molecular flexibility index (Phi) is 3.46. The molecule has 3 fully saturated rings. The van der Waals surface area contributed by atoms with Crippen molar-refractivity contribution in [1.29, 1.82) is 0 Å². The van der Waals surface area contributed by atoms with Gasteiger partial charge in [-0.05, 0) is 51.1 Å². The first kappa shape index (κ1) is 13.6. The number of hydrogen-bond acceptors (Lipinski definition) is 2. The first-order valence-electron chi connectivity index (χ1n) is 8.14. The molecule has 0 bridgehead atoms. The lowest BCUT2D eigenvalue weighted by Gasteiger charge is -2.26. The maximum Gasteiger partial charge on any atom is 0.270 e. The Balaban J connectivity index is 1.55. The number of carbonyl (C=O) groups is 1. The minimum atomic E-state index is 0.171. The summed E-state index contributed by atoms with van der Waals surface area (Å²) in [6.45, 7) is 1.93. The van der Waals surface area contributed by atoms with Gasteiger partial charge >= 0.3 is 0 Å². The van der Waals surface area contributed by atoms with Crippen LogP contribution in [0.1, 0.15) is 55.1 Å². The molecular weight excluding hydrogens is 286 g/mol. The summed E-state index contributed by atoms with van der Waals surface area (Å²) in [5.41, 5.74) is 0.785. The molecule has 1 unspecified atom stereocenters. The van der Waals surface area contributed by atoms with Crippen LogP contribution in [0, 0.1) is 0 Å². The highest BCUT2D eigenvalue weighted by Crippen LogP contribution is 2.38. The normalized spacial score (nSPS) is 25.3. The van der Waals surface area contributed by atoms with E-state index in [0.29, 0.717) is 23.1 Å². The fraction of sp³-hybridized carbons (Fsp3) is 0.688. The summed E-state index contributed by atoms with van der Waals surface area (Å²) in [5, 5.41) is 4.18. The number of nitrogens with one attached hydrogen (secondary N) is 1. The molecule has 1 aromatic rings. The summed E-state index contributed by atoms with van der Waals surface area (Å²) >= 11 is 6.15. The molecule has 1 atom stereocenters. The number of nitrogens with zero attached hydrogens (tertiary/aromatic N) is 2. The van der Waals surface area contributed by atoms with Crippen molar-refractivity contribution in [3.8, 4) is 0 Å². The average molecular weight is 308 g/mol. The number of rotatable bonds is 5. The maximum absolute atomic E-state index is 13.0. The largest absolute Gasteiger partial charge is 0.339 e. The van der Waals surface area contributed by atoms with E-state index < -0.39 is 0 Å². The minimum absolute atomic E-state index is 0.171. The van der Waals surface area contributed by atoms with Crippen LogP contribution in [0.25, 0.3) is 0 Å². The maximum atomic E-state index is 13.0. The van der Waals surface area contributed by atoms with Crippen LogP contribution < -0.4 is 5.32 Å². The van der Waals surface area contributed by atoms with Crippen molar-refractivity contribution < 1.29 is 4.79 Å². The van der Waals surface area contributed by atoms with Crippen molar-refractivity contribution in [3.63, 3.8) is 0 Å². The predicted octanol–water partition coefficient (Wildman–Crippen LogP) is 2.83. The van der Waals surface area contributed by atoms with Crippen molar-refractivity contribution in [2.75, 3.05) is 13.1 Å². The Morgan fingerprint density at radius 2 is 2.14 bits per heavy atom. The number of aromatic nitrogens is 1. The van der Waals surface area contributed by atoms with Gasteiger partial charge in [0.2, 0.25) is 0 Å². The Hall–Kier alpha value is -1.00. The monoisotopic (exact) mass is 307 g/mol. The van der Waals surface area contributed by atoms with Gasteiger partial charge in [-0.15, -0.1) is 0 Å². The first-order chi connectivity index (χ1) is 10.2. The van der Waals surface area contributed by atoms with E-state index in [4.69, 9.17) is 11.6 Å². The van der Waals surface area contributed by atoms with Gasteiger partial charge in [-0.3, -0.25) is 4.79 Å². The fourth-order valence-electron chi connectivity index (χ4n) is 3.35. The summed E-state index contributed by atoms with van der Waals surface area (Å²) in [7, 11) is 0. The van der Waals surface area contributed by atoms with Gasteiger partial charge in [-0.2, -0.15) is 0 Å². The van der Waals surface area contributed by atoms with E-state index in [1.807, 2.05) is 12.3 Å². The van der Waals surface area contributed by atoms with Crippen LogP contribution >= 0.6 is 11.6 Å². The summed E-state index contributed by atoms with van der Waals surface area (Å²) in [5.74, 6) is 0.171. The Morgan fingerprint density at radius 1 is 1.33 bits per heavy atom. The average Bonchev–Trinajstić information content (AvgIpc) is 3.40. The second kappa shape index (κ2) is 5.33. The second-order valence-electron chi connectivity index (χ2n) is 6.66. The van der Waals surface area contributed by atoms with E-state index >= 15 is 0 Å². The molecule has 4 nitrogen and oxygen atoms in total. The minimum Gasteiger partial charge on any atom is -0.339 e. The van der Waals surface area contributed by atoms with Crippen molar-refractivity contribution in [1.82, 2.24) is 14.8 Å². The molecule has 0 spiro atoms. The first-order valence-corrected chi connectivity index (χ1v) is 8.52. The third kappa shape index (κ3) is 2.84. The lowest BCUT2D eigenvalue weighted by Crippen LogP contribution is -2.43. The lowest BCUT2D eigenvalue weighted by molar-refractivity contribution is 0.0717. The molecule has 2 aliphatic carbocycles. The van der Waals surface area contributed by atoms with Gasteiger partial charge in [0.05, 0.1) is 5.02 Å². The highest BCUT2D eigenvalue weighted by atomic mass is 35.5. The van der Waals surface area contributed by atoms with E-state index in [1.165, 1.54) is 25.7 Å². The molecule has 1 N–H and O–H groups in total. The van der Waals surface area contributed by atoms with Crippen molar-refractivity contribution in [2.24, 2.45) is 0 Å². The Morgan fingerprint density at radius 3 is 2.76 bits per heavy atom. The molecule has 1 aliphatic heterocycles. The van der Waals surface area contributed by atoms with Gasteiger partial charge in [0.15, 0.2) is 0 Å². The van der Waals surface area contributed by atoms with Crippen LogP contribution in [0.4, 0.5) is 0 Å². The topological polar surface area (TPSA) is 37.3 Å². The Labute approximate surface area is 130 Å². The predicted molar refractivity (Wildman–Crippen MR) is 82.8 cm³/mol. The zero-order valence-electron chi connectivity index (χ0n) is 12.2. The van der Waals surface area contributed by atoms with Crippen LogP contribution in [0.2, 0.25) is 5.02 Å². The lowest BCUT2D eigenvalue weighted by atomic mass is 10.2. The van der Waals surface area contributed by atoms with Crippen molar-refractivity contribution in [3.05, 3.63) is 23.0 Å². The summed E-state index contributed by atoms with van der Waals surface area (Å²) < 4.78 is 2.10. The van der Waals surface area contributed by atoms with Gasteiger partial charge in [0, 0.05) is 30.9 Å². The van der Waals surface area contributed by atoms with Crippen LogP contribution in [0.3, 0.4) is 0 Å². The molecule has 2 heterocycles. The molecule has 5 heteroatoms. The van der Waals surface area contributed by atoms with Crippen molar-refractivity contribution >= 4 is 17.5 Å².